The van der Waals surface area contributed by atoms with Crippen molar-refractivity contribution >= 4 is 16.5 Å². The molecule has 0 radical (unpaired) electrons. The van der Waals surface area contributed by atoms with Crippen LogP contribution in [0, 0.1) is 0 Å². The van der Waals surface area contributed by atoms with E-state index < -0.39 is 0 Å². The van der Waals surface area contributed by atoms with Crippen molar-refractivity contribution in [2.75, 3.05) is 5.32 Å². The zero-order valence-electron chi connectivity index (χ0n) is 11.2. The molecule has 1 N–H and O–H groups in total. The predicted molar refractivity (Wildman–Crippen MR) is 79.0 cm³/mol. The summed E-state index contributed by atoms with van der Waals surface area (Å²) in [4.78, 5) is 4.59. The number of anilines is 1. The van der Waals surface area contributed by atoms with E-state index in [9.17, 15) is 0 Å². The average molecular weight is 286 g/mol. The van der Waals surface area contributed by atoms with Gasteiger partial charge >= 0.3 is 0 Å². The van der Waals surface area contributed by atoms with Crippen LogP contribution in [0.25, 0.3) is 16.9 Å². The molecule has 3 rings (SSSR count). The summed E-state index contributed by atoms with van der Waals surface area (Å²) >= 11 is 1.61. The third-order valence-corrected chi connectivity index (χ3v) is 3.45. The number of rotatable bonds is 4. The number of hydrogen-bond acceptors (Lipinski definition) is 6. The largest absolute Gasteiger partial charge is 0.359 e. The van der Waals surface area contributed by atoms with Crippen molar-refractivity contribution in [3.05, 3.63) is 36.0 Å². The van der Waals surface area contributed by atoms with E-state index in [0.29, 0.717) is 6.04 Å². The summed E-state index contributed by atoms with van der Waals surface area (Å²) in [6.45, 7) is 4.19. The predicted octanol–water partition coefficient (Wildman–Crippen LogP) is 2.61. The molecule has 20 heavy (non-hydrogen) atoms. The first-order valence-electron chi connectivity index (χ1n) is 6.28. The quantitative estimate of drug-likeness (QED) is 0.798. The number of benzene rings is 1. The van der Waals surface area contributed by atoms with E-state index in [0.717, 1.165) is 22.1 Å². The monoisotopic (exact) mass is 286 g/mol. The molecule has 0 bridgehead atoms. The maximum atomic E-state index is 4.59. The Morgan fingerprint density at radius 1 is 1.30 bits per heavy atom. The van der Waals surface area contributed by atoms with Crippen LogP contribution in [0.1, 0.15) is 13.8 Å². The van der Waals surface area contributed by atoms with Gasteiger partial charge in [-0.25, -0.2) is 9.67 Å². The number of nitrogens with one attached hydrogen (secondary N) is 1. The van der Waals surface area contributed by atoms with E-state index in [1.165, 1.54) is 0 Å². The Kier molecular flexibility index (Phi) is 3.42. The molecule has 0 saturated carbocycles. The summed E-state index contributed by atoms with van der Waals surface area (Å²) in [7, 11) is 0. The Morgan fingerprint density at radius 3 is 2.95 bits per heavy atom. The van der Waals surface area contributed by atoms with Gasteiger partial charge in [-0.05, 0) is 36.4 Å². The van der Waals surface area contributed by atoms with Gasteiger partial charge < -0.3 is 5.32 Å². The minimum absolute atomic E-state index is 0.376. The molecule has 6 nitrogen and oxygen atoms in total. The van der Waals surface area contributed by atoms with Crippen molar-refractivity contribution in [3.8, 4) is 16.9 Å². The molecule has 3 aromatic rings. The second-order valence-electron chi connectivity index (χ2n) is 4.64. The second-order valence-corrected chi connectivity index (χ2v) is 5.50. The lowest BCUT2D eigenvalue weighted by atomic mass is 10.1. The van der Waals surface area contributed by atoms with E-state index in [-0.39, 0.29) is 0 Å². The molecular formula is C13H14N6S. The minimum Gasteiger partial charge on any atom is -0.359 e. The Hall–Kier alpha value is -2.28. The van der Waals surface area contributed by atoms with Crippen LogP contribution in [-0.4, -0.2) is 31.2 Å². The van der Waals surface area contributed by atoms with Crippen molar-refractivity contribution in [1.82, 2.24) is 25.2 Å². The third-order valence-electron chi connectivity index (χ3n) is 2.67. The van der Waals surface area contributed by atoms with E-state index in [4.69, 9.17) is 0 Å². The van der Waals surface area contributed by atoms with Crippen LogP contribution in [0.3, 0.4) is 0 Å². The first-order chi connectivity index (χ1) is 9.72. The normalized spacial score (nSPS) is 10.9. The average Bonchev–Trinajstić information content (AvgIpc) is 3.09. The molecule has 2 heterocycles. The van der Waals surface area contributed by atoms with Crippen LogP contribution in [0.5, 0.6) is 0 Å². The van der Waals surface area contributed by atoms with Crippen LogP contribution in [0.4, 0.5) is 5.13 Å². The van der Waals surface area contributed by atoms with Crippen LogP contribution in [0.2, 0.25) is 0 Å². The highest BCUT2D eigenvalue weighted by molar-refractivity contribution is 7.14. The standard InChI is InChI=1S/C13H14N6S/c1-9(2)15-13-16-12(7-20-13)10-4-3-5-11(6-10)19-8-14-17-18-19/h3-9H,1-2H3,(H,15,16). The fourth-order valence-electron chi connectivity index (χ4n) is 1.81. The molecule has 7 heteroatoms. The topological polar surface area (TPSA) is 68.5 Å². The molecule has 0 spiro atoms. The maximum absolute atomic E-state index is 4.59. The second kappa shape index (κ2) is 5.38. The van der Waals surface area contributed by atoms with Crippen molar-refractivity contribution in [3.63, 3.8) is 0 Å². The number of thiazole rings is 1. The van der Waals surface area contributed by atoms with Gasteiger partial charge in [0.25, 0.3) is 0 Å². The fraction of sp³-hybridized carbons (Fsp3) is 0.231. The van der Waals surface area contributed by atoms with Crippen LogP contribution in [-0.2, 0) is 0 Å². The first-order valence-corrected chi connectivity index (χ1v) is 7.16. The lowest BCUT2D eigenvalue weighted by Crippen LogP contribution is -2.08. The molecule has 102 valence electrons. The molecule has 0 unspecified atom stereocenters. The molecule has 0 aliphatic carbocycles. The molecule has 1 aromatic carbocycles. The highest BCUT2D eigenvalue weighted by Gasteiger charge is 2.07. The van der Waals surface area contributed by atoms with E-state index in [2.05, 4.69) is 39.7 Å². The number of hydrogen-bond donors (Lipinski definition) is 1. The summed E-state index contributed by atoms with van der Waals surface area (Å²) in [6.07, 6.45) is 1.58. The van der Waals surface area contributed by atoms with Crippen LogP contribution < -0.4 is 5.32 Å². The molecule has 0 aliphatic rings. The Bertz CT molecular complexity index is 688. The van der Waals surface area contributed by atoms with Crippen molar-refractivity contribution in [1.29, 1.82) is 0 Å². The summed E-state index contributed by atoms with van der Waals surface area (Å²) in [5.41, 5.74) is 2.91. The number of aromatic nitrogens is 5. The smallest absolute Gasteiger partial charge is 0.183 e. The summed E-state index contributed by atoms with van der Waals surface area (Å²) < 4.78 is 1.63. The van der Waals surface area contributed by atoms with Gasteiger partial charge in [-0.3, -0.25) is 0 Å². The first kappa shape index (κ1) is 12.7. The summed E-state index contributed by atoms with van der Waals surface area (Å²) in [5, 5.41) is 17.5. The van der Waals surface area contributed by atoms with Crippen LogP contribution in [0.15, 0.2) is 36.0 Å². The Balaban J connectivity index is 1.90. The SMILES string of the molecule is CC(C)Nc1nc(-c2cccc(-n3cnnn3)c2)cs1. The molecule has 0 atom stereocenters. The maximum Gasteiger partial charge on any atom is 0.183 e. The Labute approximate surface area is 120 Å². The highest BCUT2D eigenvalue weighted by Crippen LogP contribution is 2.26. The van der Waals surface area contributed by atoms with E-state index >= 15 is 0 Å². The molecule has 0 fully saturated rings. The van der Waals surface area contributed by atoms with E-state index in [1.807, 2.05) is 29.6 Å². The third kappa shape index (κ3) is 2.67. The zero-order chi connectivity index (χ0) is 13.9. The lowest BCUT2D eigenvalue weighted by Gasteiger charge is -2.05. The van der Waals surface area contributed by atoms with Gasteiger partial charge in [-0.2, -0.15) is 0 Å². The van der Waals surface area contributed by atoms with Gasteiger partial charge in [0.15, 0.2) is 5.13 Å². The van der Waals surface area contributed by atoms with Crippen molar-refractivity contribution < 1.29 is 0 Å². The van der Waals surface area contributed by atoms with Crippen molar-refractivity contribution in [2.45, 2.75) is 19.9 Å². The molecule has 0 amide bonds. The highest BCUT2D eigenvalue weighted by atomic mass is 32.1. The molecule has 0 aliphatic heterocycles. The zero-order valence-corrected chi connectivity index (χ0v) is 12.0. The lowest BCUT2D eigenvalue weighted by molar-refractivity contribution is 0.789. The van der Waals surface area contributed by atoms with Gasteiger partial charge in [-0.1, -0.05) is 12.1 Å². The van der Waals surface area contributed by atoms with Gasteiger partial charge in [0, 0.05) is 17.0 Å². The van der Waals surface area contributed by atoms with Crippen LogP contribution >= 0.6 is 11.3 Å². The number of nitrogens with zero attached hydrogens (tertiary/aromatic N) is 5. The molecular weight excluding hydrogens is 272 g/mol. The van der Waals surface area contributed by atoms with Gasteiger partial charge in [-0.15, -0.1) is 16.4 Å². The fourth-order valence-corrected chi connectivity index (χ4v) is 2.67. The molecule has 0 saturated heterocycles. The van der Waals surface area contributed by atoms with E-state index in [1.54, 1.807) is 22.3 Å². The van der Waals surface area contributed by atoms with Gasteiger partial charge in [0.2, 0.25) is 0 Å². The van der Waals surface area contributed by atoms with Gasteiger partial charge in [0.05, 0.1) is 11.4 Å². The number of tetrazole rings is 1. The van der Waals surface area contributed by atoms with Gasteiger partial charge in [0.1, 0.15) is 6.33 Å². The molecule has 2 aromatic heterocycles. The summed E-state index contributed by atoms with van der Waals surface area (Å²) in [6, 6.07) is 8.36. The van der Waals surface area contributed by atoms with Crippen molar-refractivity contribution in [2.24, 2.45) is 0 Å². The summed E-state index contributed by atoms with van der Waals surface area (Å²) in [5.74, 6) is 0. The minimum atomic E-state index is 0.376. The Morgan fingerprint density at radius 2 is 2.20 bits per heavy atom.